The van der Waals surface area contributed by atoms with Crippen molar-refractivity contribution in [1.82, 2.24) is 0 Å². The molecule has 0 aliphatic heterocycles. The van der Waals surface area contributed by atoms with E-state index < -0.39 is 36.7 Å². The quantitative estimate of drug-likeness (QED) is 0.201. The van der Waals surface area contributed by atoms with Gasteiger partial charge in [-0.3, -0.25) is 4.79 Å². The summed E-state index contributed by atoms with van der Waals surface area (Å²) in [7, 11) is 0. The molecule has 0 bridgehead atoms. The Bertz CT molecular complexity index is 687. The molecule has 1 aromatic rings. The number of carbonyl (C=O) groups is 1. The van der Waals surface area contributed by atoms with Crippen LogP contribution >= 0.6 is 27.9 Å². The number of alkyl halides is 3. The van der Waals surface area contributed by atoms with Gasteiger partial charge >= 0.3 is 12.1 Å². The van der Waals surface area contributed by atoms with Crippen LogP contribution < -0.4 is 0 Å². The van der Waals surface area contributed by atoms with Gasteiger partial charge in [-0.25, -0.2) is 8.79 Å². The Labute approximate surface area is 169 Å². The van der Waals surface area contributed by atoms with Crippen LogP contribution in [0, 0.1) is 11.7 Å². The number of halogens is 5. The number of esters is 1. The topological polar surface area (TPSA) is 38.7 Å². The molecule has 1 rings (SSSR count). The van der Waals surface area contributed by atoms with E-state index >= 15 is 0 Å². The van der Waals surface area contributed by atoms with Crippen molar-refractivity contribution < 1.29 is 27.1 Å². The SMILES string of the molecule is CCOC(=O)CC(CC(=NSC(C)(C)C)c1cc(Br)ccc1F)C(F)(F)F. The number of hydrogen-bond donors (Lipinski definition) is 0. The number of nitrogens with zero attached hydrogens (tertiary/aromatic N) is 1. The van der Waals surface area contributed by atoms with Gasteiger partial charge in [0.15, 0.2) is 0 Å². The van der Waals surface area contributed by atoms with Crippen LogP contribution in [-0.4, -0.2) is 29.2 Å². The zero-order chi connectivity index (χ0) is 20.8. The first-order valence-electron chi connectivity index (χ1n) is 8.26. The van der Waals surface area contributed by atoms with Gasteiger partial charge in [0, 0.05) is 21.2 Å². The van der Waals surface area contributed by atoms with Crippen LogP contribution in [0.2, 0.25) is 0 Å². The molecule has 0 aromatic heterocycles. The molecule has 3 nitrogen and oxygen atoms in total. The molecule has 0 heterocycles. The fraction of sp³-hybridized carbons (Fsp3) is 0.556. The molecule has 0 spiro atoms. The average molecular weight is 472 g/mol. The Morgan fingerprint density at radius 3 is 2.41 bits per heavy atom. The lowest BCUT2D eigenvalue weighted by Gasteiger charge is -2.22. The largest absolute Gasteiger partial charge is 0.466 e. The molecule has 0 aliphatic carbocycles. The summed E-state index contributed by atoms with van der Waals surface area (Å²) in [6.07, 6.45) is -6.12. The second-order valence-corrected chi connectivity index (χ2v) is 9.32. The molecule has 9 heteroatoms. The second kappa shape index (κ2) is 9.91. The van der Waals surface area contributed by atoms with Gasteiger partial charge in [0.05, 0.1) is 24.7 Å². The molecule has 1 aromatic carbocycles. The Hall–Kier alpha value is -1.09. The zero-order valence-electron chi connectivity index (χ0n) is 15.5. The maximum absolute atomic E-state index is 14.3. The number of hydrogen-bond acceptors (Lipinski definition) is 4. The molecule has 0 saturated heterocycles. The van der Waals surface area contributed by atoms with E-state index in [-0.39, 0.29) is 22.6 Å². The molecular formula is C18H22BrF4NO2S. The maximum Gasteiger partial charge on any atom is 0.392 e. The van der Waals surface area contributed by atoms with Crippen LogP contribution in [0.3, 0.4) is 0 Å². The third-order valence-electron chi connectivity index (χ3n) is 3.29. The van der Waals surface area contributed by atoms with Gasteiger partial charge in [-0.2, -0.15) is 13.2 Å². The van der Waals surface area contributed by atoms with Gasteiger partial charge in [-0.15, -0.1) is 0 Å². The molecule has 0 fully saturated rings. The van der Waals surface area contributed by atoms with Gasteiger partial charge in [0.2, 0.25) is 0 Å². The highest BCUT2D eigenvalue weighted by Gasteiger charge is 2.42. The monoisotopic (exact) mass is 471 g/mol. The molecule has 1 atom stereocenters. The average Bonchev–Trinajstić information content (AvgIpc) is 2.51. The van der Waals surface area contributed by atoms with Gasteiger partial charge in [0.25, 0.3) is 0 Å². The molecule has 27 heavy (non-hydrogen) atoms. The summed E-state index contributed by atoms with van der Waals surface area (Å²) in [5.74, 6) is -3.64. The summed E-state index contributed by atoms with van der Waals surface area (Å²) in [5, 5.41) is 0. The molecule has 0 saturated carbocycles. The second-order valence-electron chi connectivity index (χ2n) is 6.82. The van der Waals surface area contributed by atoms with E-state index in [0.717, 1.165) is 18.0 Å². The van der Waals surface area contributed by atoms with Crippen LogP contribution in [0.15, 0.2) is 27.1 Å². The van der Waals surface area contributed by atoms with E-state index in [0.29, 0.717) is 4.47 Å². The van der Waals surface area contributed by atoms with Crippen molar-refractivity contribution in [3.05, 3.63) is 34.1 Å². The molecule has 0 N–H and O–H groups in total. The first kappa shape index (κ1) is 23.9. The molecule has 0 radical (unpaired) electrons. The molecule has 0 amide bonds. The lowest BCUT2D eigenvalue weighted by molar-refractivity contribution is -0.182. The number of carbonyl (C=O) groups excluding carboxylic acids is 1. The van der Waals surface area contributed by atoms with E-state index in [1.165, 1.54) is 19.1 Å². The van der Waals surface area contributed by atoms with Crippen LogP contribution in [0.4, 0.5) is 17.6 Å². The zero-order valence-corrected chi connectivity index (χ0v) is 17.9. The first-order valence-corrected chi connectivity index (χ1v) is 9.83. The van der Waals surface area contributed by atoms with Crippen molar-refractivity contribution in [2.24, 2.45) is 10.3 Å². The van der Waals surface area contributed by atoms with Crippen molar-refractivity contribution in [2.75, 3.05) is 6.61 Å². The van der Waals surface area contributed by atoms with E-state index in [9.17, 15) is 22.4 Å². The minimum Gasteiger partial charge on any atom is -0.466 e. The minimum atomic E-state index is -4.65. The van der Waals surface area contributed by atoms with E-state index in [1.54, 1.807) is 0 Å². The molecule has 0 aliphatic rings. The van der Waals surface area contributed by atoms with Crippen LogP contribution in [-0.2, 0) is 9.53 Å². The van der Waals surface area contributed by atoms with Gasteiger partial charge in [-0.1, -0.05) is 15.9 Å². The Morgan fingerprint density at radius 1 is 1.26 bits per heavy atom. The summed E-state index contributed by atoms with van der Waals surface area (Å²) >= 11 is 4.25. The standard InChI is InChI=1S/C18H22BrF4NO2S/c1-5-26-16(25)9-11(18(21,22)23)8-15(24-27-17(2,3)4)13-10-12(19)6-7-14(13)20/h6-7,10-11H,5,8-9H2,1-4H3. The number of benzene rings is 1. The van der Waals surface area contributed by atoms with Gasteiger partial charge in [0.1, 0.15) is 5.82 Å². The van der Waals surface area contributed by atoms with Gasteiger partial charge < -0.3 is 4.74 Å². The summed E-state index contributed by atoms with van der Waals surface area (Å²) in [5.41, 5.74) is -0.0837. The fourth-order valence-corrected chi connectivity index (χ4v) is 2.98. The lowest BCUT2D eigenvalue weighted by Crippen LogP contribution is -2.29. The Kier molecular flexibility index (Phi) is 8.79. The van der Waals surface area contributed by atoms with Crippen LogP contribution in [0.25, 0.3) is 0 Å². The summed E-state index contributed by atoms with van der Waals surface area (Å²) in [6.45, 7) is 7.04. The van der Waals surface area contributed by atoms with Crippen molar-refractivity contribution in [3.63, 3.8) is 0 Å². The van der Waals surface area contributed by atoms with Crippen molar-refractivity contribution in [1.29, 1.82) is 0 Å². The van der Waals surface area contributed by atoms with Crippen LogP contribution in [0.5, 0.6) is 0 Å². The third kappa shape index (κ3) is 8.64. The van der Waals surface area contributed by atoms with E-state index in [2.05, 4.69) is 25.1 Å². The summed E-state index contributed by atoms with van der Waals surface area (Å²) in [6, 6.07) is 3.99. The Balaban J connectivity index is 3.27. The van der Waals surface area contributed by atoms with Crippen molar-refractivity contribution >= 4 is 39.6 Å². The Morgan fingerprint density at radius 2 is 1.89 bits per heavy atom. The van der Waals surface area contributed by atoms with E-state index in [1.807, 2.05) is 20.8 Å². The number of ether oxygens (including phenoxy) is 1. The van der Waals surface area contributed by atoms with Crippen LogP contribution in [0.1, 0.15) is 46.1 Å². The van der Waals surface area contributed by atoms with Crippen molar-refractivity contribution in [2.45, 2.75) is 51.5 Å². The summed E-state index contributed by atoms with van der Waals surface area (Å²) in [4.78, 5) is 11.6. The predicted molar refractivity (Wildman–Crippen MR) is 103 cm³/mol. The molecule has 152 valence electrons. The molecular weight excluding hydrogens is 450 g/mol. The number of rotatable bonds is 7. The molecule has 1 unspecified atom stereocenters. The van der Waals surface area contributed by atoms with E-state index in [4.69, 9.17) is 0 Å². The smallest absolute Gasteiger partial charge is 0.392 e. The highest BCUT2D eigenvalue weighted by molar-refractivity contribution is 9.10. The van der Waals surface area contributed by atoms with Gasteiger partial charge in [-0.05, 0) is 57.8 Å². The fourth-order valence-electron chi connectivity index (χ4n) is 2.07. The third-order valence-corrected chi connectivity index (χ3v) is 4.64. The highest BCUT2D eigenvalue weighted by atomic mass is 79.9. The predicted octanol–water partition coefficient (Wildman–Crippen LogP) is 6.35. The first-order chi connectivity index (χ1) is 12.3. The normalized spacial score (nSPS) is 14.2. The van der Waals surface area contributed by atoms with Crippen molar-refractivity contribution in [3.8, 4) is 0 Å². The lowest BCUT2D eigenvalue weighted by atomic mass is 9.94. The highest BCUT2D eigenvalue weighted by Crippen LogP contribution is 2.35. The summed E-state index contributed by atoms with van der Waals surface area (Å²) < 4.78 is 63.7. The minimum absolute atomic E-state index is 0.00943. The maximum atomic E-state index is 14.3.